The number of fused-ring (bicyclic) bond motifs is 2. The number of hydrogen-bond donors (Lipinski definition) is 3. The summed E-state index contributed by atoms with van der Waals surface area (Å²) in [6, 6.07) is 7.62. The number of hydrogen-bond acceptors (Lipinski definition) is 5. The minimum Gasteiger partial charge on any atom is -0.478 e. The first-order chi connectivity index (χ1) is 11.1. The van der Waals surface area contributed by atoms with E-state index in [1.165, 1.54) is 0 Å². The summed E-state index contributed by atoms with van der Waals surface area (Å²) in [5, 5.41) is 22.6. The Morgan fingerprint density at radius 1 is 1.35 bits per heavy atom. The number of piperazine rings is 1. The number of aromatic carboxylic acids is 1. The minimum absolute atomic E-state index is 0.144. The Hall–Kier alpha value is -1.47. The molecule has 1 spiro atoms. The minimum atomic E-state index is -0.879. The van der Waals surface area contributed by atoms with Gasteiger partial charge in [-0.05, 0) is 24.1 Å². The molecule has 2 unspecified atom stereocenters. The Kier molecular flexibility index (Phi) is 3.65. The summed E-state index contributed by atoms with van der Waals surface area (Å²) in [5.74, 6) is -0.879. The molecule has 3 saturated heterocycles. The number of carbonyl (C=O) groups is 1. The quantitative estimate of drug-likeness (QED) is 0.727. The standard InChI is InChI=1S/C17H23N3O3/c21-15-5-14-7-19(11-17(9-18-10-17)20(14)8-15)6-12-2-1-3-13(4-12)16(22)23/h1-4,14-15,18,21H,5-11H2,(H,22,23). The van der Waals surface area contributed by atoms with E-state index >= 15 is 0 Å². The maximum atomic E-state index is 11.1. The maximum Gasteiger partial charge on any atom is 0.335 e. The third-order valence-electron chi connectivity index (χ3n) is 5.48. The summed E-state index contributed by atoms with van der Waals surface area (Å²) in [6.07, 6.45) is 0.626. The molecule has 3 N–H and O–H groups in total. The largest absolute Gasteiger partial charge is 0.478 e. The predicted molar refractivity (Wildman–Crippen MR) is 85.4 cm³/mol. The molecule has 3 aliphatic rings. The third kappa shape index (κ3) is 2.65. The second-order valence-electron chi connectivity index (χ2n) is 7.20. The second-order valence-corrected chi connectivity index (χ2v) is 7.20. The number of aliphatic hydroxyl groups excluding tert-OH is 1. The van der Waals surface area contributed by atoms with Gasteiger partial charge in [-0.25, -0.2) is 4.79 Å². The van der Waals surface area contributed by atoms with Crippen LogP contribution < -0.4 is 5.32 Å². The zero-order valence-corrected chi connectivity index (χ0v) is 13.1. The number of carboxylic acids is 1. The van der Waals surface area contributed by atoms with E-state index < -0.39 is 5.97 Å². The Bertz CT molecular complexity index is 617. The monoisotopic (exact) mass is 317 g/mol. The zero-order valence-electron chi connectivity index (χ0n) is 13.1. The molecule has 6 nitrogen and oxygen atoms in total. The molecule has 1 aromatic carbocycles. The molecule has 0 bridgehead atoms. The molecule has 0 saturated carbocycles. The fourth-order valence-corrected chi connectivity index (χ4v) is 4.43. The molecule has 2 atom stereocenters. The average molecular weight is 317 g/mol. The predicted octanol–water partition coefficient (Wildman–Crippen LogP) is -0.0224. The van der Waals surface area contributed by atoms with Crippen LogP contribution in [-0.4, -0.2) is 76.4 Å². The van der Waals surface area contributed by atoms with Gasteiger partial charge in [0.05, 0.1) is 17.2 Å². The molecule has 0 radical (unpaired) electrons. The van der Waals surface area contributed by atoms with E-state index in [2.05, 4.69) is 15.1 Å². The van der Waals surface area contributed by atoms with Gasteiger partial charge in [0, 0.05) is 45.3 Å². The van der Waals surface area contributed by atoms with Crippen molar-refractivity contribution in [1.82, 2.24) is 15.1 Å². The summed E-state index contributed by atoms with van der Waals surface area (Å²) in [7, 11) is 0. The van der Waals surface area contributed by atoms with Crippen LogP contribution in [0.3, 0.4) is 0 Å². The molecule has 23 heavy (non-hydrogen) atoms. The van der Waals surface area contributed by atoms with Crippen LogP contribution in [0.4, 0.5) is 0 Å². The van der Waals surface area contributed by atoms with Crippen molar-refractivity contribution >= 4 is 5.97 Å². The Morgan fingerprint density at radius 3 is 2.87 bits per heavy atom. The van der Waals surface area contributed by atoms with Gasteiger partial charge in [-0.1, -0.05) is 12.1 Å². The van der Waals surface area contributed by atoms with Crippen molar-refractivity contribution in [2.24, 2.45) is 0 Å². The molecule has 3 heterocycles. The number of nitrogens with zero attached hydrogens (tertiary/aromatic N) is 2. The molecule has 0 aliphatic carbocycles. The zero-order chi connectivity index (χ0) is 16.0. The van der Waals surface area contributed by atoms with Crippen molar-refractivity contribution in [2.45, 2.75) is 30.7 Å². The van der Waals surface area contributed by atoms with E-state index in [1.807, 2.05) is 12.1 Å². The van der Waals surface area contributed by atoms with Crippen LogP contribution in [0.5, 0.6) is 0 Å². The molecule has 0 aromatic heterocycles. The van der Waals surface area contributed by atoms with Crippen molar-refractivity contribution in [3.8, 4) is 0 Å². The van der Waals surface area contributed by atoms with Gasteiger partial charge in [-0.15, -0.1) is 0 Å². The lowest BCUT2D eigenvalue weighted by Gasteiger charge is -2.57. The summed E-state index contributed by atoms with van der Waals surface area (Å²) in [6.45, 7) is 5.42. The van der Waals surface area contributed by atoms with Crippen molar-refractivity contribution in [3.63, 3.8) is 0 Å². The fraction of sp³-hybridized carbons (Fsp3) is 0.588. The SMILES string of the molecule is O=C(O)c1cccc(CN2CC3CC(O)CN3C3(CNC3)C2)c1. The van der Waals surface area contributed by atoms with E-state index in [1.54, 1.807) is 12.1 Å². The summed E-state index contributed by atoms with van der Waals surface area (Å²) >= 11 is 0. The van der Waals surface area contributed by atoms with Crippen LogP contribution in [0.1, 0.15) is 22.3 Å². The number of nitrogens with one attached hydrogen (secondary N) is 1. The van der Waals surface area contributed by atoms with Gasteiger partial charge >= 0.3 is 5.97 Å². The molecule has 124 valence electrons. The molecule has 0 amide bonds. The number of benzene rings is 1. The summed E-state index contributed by atoms with van der Waals surface area (Å²) in [4.78, 5) is 16.0. The first-order valence-electron chi connectivity index (χ1n) is 8.26. The lowest BCUT2D eigenvalue weighted by molar-refractivity contribution is -0.0569. The van der Waals surface area contributed by atoms with Crippen LogP contribution in [0.25, 0.3) is 0 Å². The van der Waals surface area contributed by atoms with E-state index in [0.717, 1.165) is 51.3 Å². The lowest BCUT2D eigenvalue weighted by atomic mass is 9.85. The lowest BCUT2D eigenvalue weighted by Crippen LogP contribution is -2.77. The van der Waals surface area contributed by atoms with Crippen molar-refractivity contribution in [3.05, 3.63) is 35.4 Å². The number of β-amino-alcohol motifs (C(OH)–C–C–N with tert-alkyl or cyclic N) is 1. The summed E-state index contributed by atoms with van der Waals surface area (Å²) < 4.78 is 0. The molecule has 6 heteroatoms. The van der Waals surface area contributed by atoms with Crippen molar-refractivity contribution in [2.75, 3.05) is 32.7 Å². The van der Waals surface area contributed by atoms with Gasteiger partial charge in [0.2, 0.25) is 0 Å². The second kappa shape index (κ2) is 5.56. The van der Waals surface area contributed by atoms with E-state index in [-0.39, 0.29) is 11.6 Å². The topological polar surface area (TPSA) is 76.0 Å². The maximum absolute atomic E-state index is 11.1. The van der Waals surface area contributed by atoms with Gasteiger partial charge in [-0.2, -0.15) is 0 Å². The average Bonchev–Trinajstić information content (AvgIpc) is 2.85. The molecule has 3 fully saturated rings. The van der Waals surface area contributed by atoms with Gasteiger partial charge in [0.25, 0.3) is 0 Å². The smallest absolute Gasteiger partial charge is 0.335 e. The first kappa shape index (κ1) is 15.1. The fourth-order valence-electron chi connectivity index (χ4n) is 4.43. The highest BCUT2D eigenvalue weighted by molar-refractivity contribution is 5.87. The number of rotatable bonds is 3. The molecule has 3 aliphatic heterocycles. The van der Waals surface area contributed by atoms with Crippen molar-refractivity contribution < 1.29 is 15.0 Å². The highest BCUT2D eigenvalue weighted by Gasteiger charge is 2.52. The molecular weight excluding hydrogens is 294 g/mol. The number of aliphatic hydroxyl groups is 1. The molecule has 1 aromatic rings. The van der Waals surface area contributed by atoms with E-state index in [4.69, 9.17) is 5.11 Å². The van der Waals surface area contributed by atoms with Crippen LogP contribution in [0, 0.1) is 0 Å². The van der Waals surface area contributed by atoms with Gasteiger partial charge in [0.15, 0.2) is 0 Å². The number of carboxylic acid groups (broad SMARTS) is 1. The molecular formula is C17H23N3O3. The van der Waals surface area contributed by atoms with Crippen molar-refractivity contribution in [1.29, 1.82) is 0 Å². The summed E-state index contributed by atoms with van der Waals surface area (Å²) in [5.41, 5.74) is 1.53. The van der Waals surface area contributed by atoms with Crippen LogP contribution in [0.2, 0.25) is 0 Å². The Balaban J connectivity index is 1.51. The first-order valence-corrected chi connectivity index (χ1v) is 8.26. The van der Waals surface area contributed by atoms with Gasteiger partial charge < -0.3 is 15.5 Å². The molecule has 4 rings (SSSR count). The van der Waals surface area contributed by atoms with Crippen LogP contribution >= 0.6 is 0 Å². The van der Waals surface area contributed by atoms with Crippen LogP contribution in [0.15, 0.2) is 24.3 Å². The Labute approximate surface area is 135 Å². The highest BCUT2D eigenvalue weighted by Crippen LogP contribution is 2.35. The van der Waals surface area contributed by atoms with Crippen LogP contribution in [-0.2, 0) is 6.54 Å². The normalized spacial score (nSPS) is 30.1. The third-order valence-corrected chi connectivity index (χ3v) is 5.48. The highest BCUT2D eigenvalue weighted by atomic mass is 16.4. The van der Waals surface area contributed by atoms with Gasteiger partial charge in [0.1, 0.15) is 0 Å². The Morgan fingerprint density at radius 2 is 2.17 bits per heavy atom. The van der Waals surface area contributed by atoms with E-state index in [9.17, 15) is 9.90 Å². The van der Waals surface area contributed by atoms with E-state index in [0.29, 0.717) is 11.6 Å². The van der Waals surface area contributed by atoms with Gasteiger partial charge in [-0.3, -0.25) is 9.80 Å².